The van der Waals surface area contributed by atoms with Gasteiger partial charge in [-0.15, -0.1) is 0 Å². The third-order valence-electron chi connectivity index (χ3n) is 3.47. The van der Waals surface area contributed by atoms with Crippen LogP contribution in [0.1, 0.15) is 5.76 Å². The Morgan fingerprint density at radius 3 is 2.52 bits per heavy atom. The minimum absolute atomic E-state index is 0.0470. The SMILES string of the molecule is O=[N+]([O-])c1ccc(-c2ccc(C=NNS(=O)(=O)c3ccccc3)o2)c(Br)c1. The summed E-state index contributed by atoms with van der Waals surface area (Å²) in [6.07, 6.45) is 1.23. The average Bonchev–Trinajstić information content (AvgIpc) is 3.10. The smallest absolute Gasteiger partial charge is 0.276 e. The summed E-state index contributed by atoms with van der Waals surface area (Å²) in [5.74, 6) is 0.759. The summed E-state index contributed by atoms with van der Waals surface area (Å²) in [5.41, 5.74) is 0.569. The summed E-state index contributed by atoms with van der Waals surface area (Å²) in [4.78, 5) is 12.5. The van der Waals surface area contributed by atoms with E-state index in [1.165, 1.54) is 30.5 Å². The third-order valence-corrected chi connectivity index (χ3v) is 5.37. The maximum Gasteiger partial charge on any atom is 0.276 e. The molecule has 0 atom stereocenters. The lowest BCUT2D eigenvalue weighted by Gasteiger charge is -2.02. The number of hydrogen-bond acceptors (Lipinski definition) is 6. The number of rotatable bonds is 6. The molecule has 0 aliphatic rings. The molecule has 0 spiro atoms. The van der Waals surface area contributed by atoms with Crippen molar-refractivity contribution in [3.63, 3.8) is 0 Å². The van der Waals surface area contributed by atoms with E-state index in [0.29, 0.717) is 21.6 Å². The van der Waals surface area contributed by atoms with Gasteiger partial charge in [-0.3, -0.25) is 10.1 Å². The van der Waals surface area contributed by atoms with Crippen molar-refractivity contribution in [2.24, 2.45) is 5.10 Å². The van der Waals surface area contributed by atoms with Gasteiger partial charge in [-0.1, -0.05) is 18.2 Å². The van der Waals surface area contributed by atoms with Crippen molar-refractivity contribution < 1.29 is 17.8 Å². The molecule has 3 rings (SSSR count). The first-order chi connectivity index (χ1) is 12.9. The second kappa shape index (κ2) is 7.72. The van der Waals surface area contributed by atoms with Crippen LogP contribution in [0.2, 0.25) is 0 Å². The van der Waals surface area contributed by atoms with Crippen molar-refractivity contribution >= 4 is 37.9 Å². The lowest BCUT2D eigenvalue weighted by Crippen LogP contribution is -2.18. The Labute approximate surface area is 162 Å². The average molecular weight is 450 g/mol. The molecule has 138 valence electrons. The first-order valence-electron chi connectivity index (χ1n) is 7.51. The fourth-order valence-electron chi connectivity index (χ4n) is 2.20. The number of non-ortho nitro benzene ring substituents is 1. The van der Waals surface area contributed by atoms with Gasteiger partial charge in [0.05, 0.1) is 16.0 Å². The standard InChI is InChI=1S/C17H12BrN3O5S/c18-16-10-12(21(22)23)6-8-15(16)17-9-7-13(26-17)11-19-20-27(24,25)14-4-2-1-3-5-14/h1-11,20H. The van der Waals surface area contributed by atoms with Crippen molar-refractivity contribution in [3.8, 4) is 11.3 Å². The molecule has 0 aliphatic heterocycles. The van der Waals surface area contributed by atoms with Crippen LogP contribution in [0.15, 0.2) is 79.6 Å². The number of furan rings is 1. The van der Waals surface area contributed by atoms with Gasteiger partial charge in [0.2, 0.25) is 0 Å². The first-order valence-corrected chi connectivity index (χ1v) is 9.78. The van der Waals surface area contributed by atoms with Crippen LogP contribution in [-0.4, -0.2) is 19.6 Å². The van der Waals surface area contributed by atoms with Crippen LogP contribution >= 0.6 is 15.9 Å². The normalized spacial score (nSPS) is 11.6. The molecule has 10 heteroatoms. The number of benzene rings is 2. The quantitative estimate of drug-likeness (QED) is 0.347. The molecule has 27 heavy (non-hydrogen) atoms. The second-order valence-electron chi connectivity index (χ2n) is 5.29. The molecule has 0 radical (unpaired) electrons. The van der Waals surface area contributed by atoms with E-state index in [4.69, 9.17) is 4.42 Å². The van der Waals surface area contributed by atoms with E-state index in [0.717, 1.165) is 0 Å². The molecule has 8 nitrogen and oxygen atoms in total. The summed E-state index contributed by atoms with van der Waals surface area (Å²) < 4.78 is 30.2. The van der Waals surface area contributed by atoms with Gasteiger partial charge in [0.25, 0.3) is 15.7 Å². The van der Waals surface area contributed by atoms with Crippen LogP contribution in [0.25, 0.3) is 11.3 Å². The Morgan fingerprint density at radius 1 is 1.11 bits per heavy atom. The van der Waals surface area contributed by atoms with Gasteiger partial charge in [0.15, 0.2) is 0 Å². The van der Waals surface area contributed by atoms with Crippen LogP contribution in [0, 0.1) is 10.1 Å². The minimum Gasteiger partial charge on any atom is -0.455 e. The van der Waals surface area contributed by atoms with Crippen LogP contribution in [0.5, 0.6) is 0 Å². The molecule has 0 saturated carbocycles. The lowest BCUT2D eigenvalue weighted by atomic mass is 10.1. The van der Waals surface area contributed by atoms with E-state index < -0.39 is 14.9 Å². The van der Waals surface area contributed by atoms with Gasteiger partial charge >= 0.3 is 0 Å². The van der Waals surface area contributed by atoms with Crippen LogP contribution < -0.4 is 4.83 Å². The molecule has 0 saturated heterocycles. The number of halogens is 1. The van der Waals surface area contributed by atoms with Gasteiger partial charge in [-0.05, 0) is 46.3 Å². The largest absolute Gasteiger partial charge is 0.455 e. The molecule has 0 aliphatic carbocycles. The van der Waals surface area contributed by atoms with Crippen LogP contribution in [-0.2, 0) is 10.0 Å². The molecular formula is C17H12BrN3O5S. The highest BCUT2D eigenvalue weighted by Crippen LogP contribution is 2.32. The lowest BCUT2D eigenvalue weighted by molar-refractivity contribution is -0.384. The second-order valence-corrected chi connectivity index (χ2v) is 7.80. The number of nitro groups is 1. The zero-order chi connectivity index (χ0) is 19.4. The topological polar surface area (TPSA) is 115 Å². The maximum atomic E-state index is 12.1. The summed E-state index contributed by atoms with van der Waals surface area (Å²) in [6.45, 7) is 0. The van der Waals surface area contributed by atoms with Crippen LogP contribution in [0.3, 0.4) is 0 Å². The number of nitrogens with one attached hydrogen (secondary N) is 1. The number of nitrogens with zero attached hydrogens (tertiary/aromatic N) is 2. The highest BCUT2D eigenvalue weighted by atomic mass is 79.9. The van der Waals surface area contributed by atoms with Crippen molar-refractivity contribution in [2.75, 3.05) is 0 Å². The maximum absolute atomic E-state index is 12.1. The summed E-state index contributed by atoms with van der Waals surface area (Å²) in [5, 5.41) is 14.5. The van der Waals surface area contributed by atoms with Gasteiger partial charge < -0.3 is 4.42 Å². The Bertz CT molecular complexity index is 1110. The fourth-order valence-corrected chi connectivity index (χ4v) is 3.57. The van der Waals surface area contributed by atoms with Crippen molar-refractivity contribution in [2.45, 2.75) is 4.90 Å². The molecule has 1 heterocycles. The van der Waals surface area contributed by atoms with E-state index in [2.05, 4.69) is 25.9 Å². The first kappa shape index (κ1) is 18.8. The molecule has 0 fully saturated rings. The van der Waals surface area contributed by atoms with E-state index >= 15 is 0 Å². The molecule has 1 N–H and O–H groups in total. The Morgan fingerprint density at radius 2 is 1.85 bits per heavy atom. The van der Waals surface area contributed by atoms with Crippen molar-refractivity contribution in [1.82, 2.24) is 4.83 Å². The molecule has 2 aromatic carbocycles. The van der Waals surface area contributed by atoms with Gasteiger partial charge in [0.1, 0.15) is 11.5 Å². The highest BCUT2D eigenvalue weighted by Gasteiger charge is 2.14. The zero-order valence-corrected chi connectivity index (χ0v) is 16.0. The predicted octanol–water partition coefficient (Wildman–Crippen LogP) is 3.93. The summed E-state index contributed by atoms with van der Waals surface area (Å²) >= 11 is 3.28. The third kappa shape index (κ3) is 4.41. The van der Waals surface area contributed by atoms with Crippen molar-refractivity contribution in [3.05, 3.63) is 81.0 Å². The van der Waals surface area contributed by atoms with Gasteiger partial charge in [-0.2, -0.15) is 18.4 Å². The molecule has 0 amide bonds. The molecule has 0 unspecified atom stereocenters. The Kier molecular flexibility index (Phi) is 5.38. The summed E-state index contributed by atoms with van der Waals surface area (Å²) in [7, 11) is -3.76. The van der Waals surface area contributed by atoms with E-state index in [1.807, 2.05) is 0 Å². The fraction of sp³-hybridized carbons (Fsp3) is 0. The van der Waals surface area contributed by atoms with E-state index in [-0.39, 0.29) is 10.6 Å². The monoisotopic (exact) mass is 449 g/mol. The van der Waals surface area contributed by atoms with Gasteiger partial charge in [-0.25, -0.2) is 0 Å². The van der Waals surface area contributed by atoms with E-state index in [1.54, 1.807) is 36.4 Å². The Balaban J connectivity index is 1.75. The number of sulfonamides is 1. The molecule has 3 aromatic rings. The van der Waals surface area contributed by atoms with Crippen LogP contribution in [0.4, 0.5) is 5.69 Å². The van der Waals surface area contributed by atoms with Gasteiger partial charge in [0, 0.05) is 22.2 Å². The molecule has 0 bridgehead atoms. The van der Waals surface area contributed by atoms with Crippen molar-refractivity contribution in [1.29, 1.82) is 0 Å². The molecular weight excluding hydrogens is 438 g/mol. The molecule has 1 aromatic heterocycles. The summed E-state index contributed by atoms with van der Waals surface area (Å²) in [6, 6.07) is 15.4. The number of nitro benzene ring substituents is 1. The highest BCUT2D eigenvalue weighted by molar-refractivity contribution is 9.10. The predicted molar refractivity (Wildman–Crippen MR) is 103 cm³/mol. The Hall–Kier alpha value is -2.98. The minimum atomic E-state index is -3.76. The zero-order valence-electron chi connectivity index (χ0n) is 13.6. The number of hydrogen-bond donors (Lipinski definition) is 1. The van der Waals surface area contributed by atoms with E-state index in [9.17, 15) is 18.5 Å². The number of hydrazone groups is 1.